The molecule has 1 fully saturated rings. The van der Waals surface area contributed by atoms with E-state index in [2.05, 4.69) is 0 Å². The maximum atomic E-state index is 12.9. The van der Waals surface area contributed by atoms with Crippen molar-refractivity contribution in [1.82, 2.24) is 0 Å². The van der Waals surface area contributed by atoms with E-state index >= 15 is 0 Å². The normalized spacial score (nSPS) is 18.3. The van der Waals surface area contributed by atoms with Crippen LogP contribution in [0.3, 0.4) is 0 Å². The molecule has 1 saturated heterocycles. The fourth-order valence-electron chi connectivity index (χ4n) is 2.13. The number of nitrogens with two attached hydrogens (primary N) is 1. The van der Waals surface area contributed by atoms with E-state index in [4.69, 9.17) is 10.5 Å². The van der Waals surface area contributed by atoms with Gasteiger partial charge in [0, 0.05) is 12.2 Å². The van der Waals surface area contributed by atoms with Crippen molar-refractivity contribution in [3.63, 3.8) is 0 Å². The van der Waals surface area contributed by atoms with Crippen LogP contribution in [0.15, 0.2) is 24.3 Å². The molecule has 2 atom stereocenters. The van der Waals surface area contributed by atoms with E-state index in [9.17, 15) is 18.8 Å². The van der Waals surface area contributed by atoms with E-state index in [1.54, 1.807) is 6.92 Å². The Kier molecular flexibility index (Phi) is 7.65. The predicted octanol–water partition coefficient (Wildman–Crippen LogP) is -1.91. The minimum absolute atomic E-state index is 0. The summed E-state index contributed by atoms with van der Waals surface area (Å²) in [4.78, 5) is 36.9. The first kappa shape index (κ1) is 20.4. The molecule has 2 N–H and O–H groups in total. The Hall–Kier alpha value is -1.64. The number of esters is 1. The average Bonchev–Trinajstić information content (AvgIpc) is 2.80. The maximum Gasteiger partial charge on any atom is 0.323 e. The summed E-state index contributed by atoms with van der Waals surface area (Å²) in [6, 6.07) is 4.29. The number of nitrogens with zero attached hydrogens (tertiary/aromatic N) is 1. The van der Waals surface area contributed by atoms with Crippen molar-refractivity contribution in [3.05, 3.63) is 30.1 Å². The minimum Gasteiger partial charge on any atom is -1.00 e. The number of carbonyl (C=O) groups excluding carboxylic acids is 3. The van der Waals surface area contributed by atoms with Crippen LogP contribution in [0.25, 0.3) is 0 Å². The monoisotopic (exact) mass is 375 g/mol. The average molecular weight is 376 g/mol. The molecule has 2 rings (SSSR count). The molecule has 0 bridgehead atoms. The van der Waals surface area contributed by atoms with Crippen LogP contribution in [0, 0.1) is 5.82 Å². The van der Waals surface area contributed by atoms with E-state index in [1.807, 2.05) is 0 Å². The summed E-state index contributed by atoms with van der Waals surface area (Å²) in [5, 5.41) is -0.604. The number of carbonyl (C=O) groups is 3. The molecule has 2 amide bonds. The molecule has 1 heterocycles. The first-order valence-electron chi connectivity index (χ1n) is 7.10. The summed E-state index contributed by atoms with van der Waals surface area (Å²) in [5.41, 5.74) is 6.01. The first-order valence-corrected chi connectivity index (χ1v) is 8.15. The van der Waals surface area contributed by atoms with Crippen LogP contribution in [0.1, 0.15) is 13.3 Å². The molecule has 1 unspecified atom stereocenters. The van der Waals surface area contributed by atoms with Gasteiger partial charge in [-0.2, -0.15) is 0 Å². The molecular formula is C15H17ClFN2O4S-. The first-order chi connectivity index (χ1) is 10.9. The molecular weight excluding hydrogens is 359 g/mol. The molecule has 0 aromatic heterocycles. The second-order valence-corrected chi connectivity index (χ2v) is 6.16. The van der Waals surface area contributed by atoms with Crippen molar-refractivity contribution in [3.8, 4) is 0 Å². The highest BCUT2D eigenvalue weighted by Crippen LogP contribution is 2.30. The summed E-state index contributed by atoms with van der Waals surface area (Å²) >= 11 is 1.15. The third-order valence-electron chi connectivity index (χ3n) is 3.26. The number of thioether (sulfide) groups is 1. The van der Waals surface area contributed by atoms with E-state index in [0.717, 1.165) is 16.7 Å². The Morgan fingerprint density at radius 2 is 2.04 bits per heavy atom. The quantitative estimate of drug-likeness (QED) is 0.461. The Morgan fingerprint density at radius 1 is 1.42 bits per heavy atom. The van der Waals surface area contributed by atoms with Crippen LogP contribution in [-0.2, 0) is 19.1 Å². The summed E-state index contributed by atoms with van der Waals surface area (Å²) in [7, 11) is 0. The van der Waals surface area contributed by atoms with Crippen molar-refractivity contribution in [1.29, 1.82) is 0 Å². The zero-order valence-corrected chi connectivity index (χ0v) is 14.5. The van der Waals surface area contributed by atoms with Gasteiger partial charge in [0.25, 0.3) is 0 Å². The lowest BCUT2D eigenvalue weighted by Gasteiger charge is -2.15. The van der Waals surface area contributed by atoms with Crippen molar-refractivity contribution in [2.75, 3.05) is 17.3 Å². The van der Waals surface area contributed by atoms with Gasteiger partial charge in [-0.25, -0.2) is 9.29 Å². The fourth-order valence-corrected chi connectivity index (χ4v) is 3.22. The third-order valence-corrected chi connectivity index (χ3v) is 4.58. The van der Waals surface area contributed by atoms with Crippen molar-refractivity contribution in [2.45, 2.75) is 24.6 Å². The van der Waals surface area contributed by atoms with E-state index in [1.165, 1.54) is 24.3 Å². The lowest BCUT2D eigenvalue weighted by atomic mass is 10.3. The van der Waals surface area contributed by atoms with Gasteiger partial charge >= 0.3 is 5.97 Å². The molecule has 0 saturated carbocycles. The molecule has 1 aliphatic heterocycles. The van der Waals surface area contributed by atoms with Crippen LogP contribution in [0.5, 0.6) is 0 Å². The van der Waals surface area contributed by atoms with Gasteiger partial charge in [0.05, 0.1) is 17.5 Å². The highest BCUT2D eigenvalue weighted by Gasteiger charge is 2.40. The fraction of sp³-hybridized carbons (Fsp3) is 0.400. The molecule has 0 radical (unpaired) electrons. The Labute approximate surface area is 149 Å². The number of ether oxygens (including phenoxy) is 1. The van der Waals surface area contributed by atoms with Gasteiger partial charge in [-0.3, -0.25) is 14.4 Å². The standard InChI is InChI=1S/C15H17FN2O4S.ClH/c1-2-22-15(21)11(17)8-23-12-7-13(19)18(14(12)20)10-5-3-9(16)4-6-10;/h3-6,11-12H,2,7-8,17H2,1H3;1H/p-1/t11-,12?;/m0./s1. The van der Waals surface area contributed by atoms with E-state index < -0.39 is 23.1 Å². The number of hydrogen-bond acceptors (Lipinski definition) is 6. The predicted molar refractivity (Wildman–Crippen MR) is 84.4 cm³/mol. The van der Waals surface area contributed by atoms with Gasteiger partial charge in [-0.1, -0.05) is 0 Å². The molecule has 6 nitrogen and oxygen atoms in total. The SMILES string of the molecule is CCOC(=O)[C@@H](N)CSC1CC(=O)N(c2ccc(F)cc2)C1=O.[Cl-]. The molecule has 1 aromatic carbocycles. The second kappa shape index (κ2) is 9.00. The zero-order chi connectivity index (χ0) is 17.0. The van der Waals surface area contributed by atoms with Crippen LogP contribution in [0.4, 0.5) is 10.1 Å². The Balaban J connectivity index is 0.00000288. The van der Waals surface area contributed by atoms with Crippen molar-refractivity contribution >= 4 is 35.2 Å². The Bertz CT molecular complexity index is 614. The molecule has 0 aliphatic carbocycles. The largest absolute Gasteiger partial charge is 1.00 e. The highest BCUT2D eigenvalue weighted by molar-refractivity contribution is 8.00. The number of hydrogen-bond donors (Lipinski definition) is 1. The lowest BCUT2D eigenvalue weighted by Crippen LogP contribution is -3.00. The summed E-state index contributed by atoms with van der Waals surface area (Å²) < 4.78 is 17.7. The van der Waals surface area contributed by atoms with Crippen LogP contribution >= 0.6 is 11.8 Å². The number of anilines is 1. The molecule has 0 spiro atoms. The van der Waals surface area contributed by atoms with Gasteiger partial charge in [-0.15, -0.1) is 11.8 Å². The van der Waals surface area contributed by atoms with Crippen molar-refractivity contribution in [2.24, 2.45) is 5.73 Å². The molecule has 9 heteroatoms. The highest BCUT2D eigenvalue weighted by atomic mass is 35.5. The second-order valence-electron chi connectivity index (χ2n) is 4.93. The van der Waals surface area contributed by atoms with Gasteiger partial charge < -0.3 is 22.9 Å². The summed E-state index contributed by atoms with van der Waals surface area (Å²) in [5.74, 6) is -1.54. The van der Waals surface area contributed by atoms with Crippen LogP contribution in [-0.4, -0.2) is 41.4 Å². The number of halogens is 2. The summed E-state index contributed by atoms with van der Waals surface area (Å²) in [6.07, 6.45) is 0.0242. The topological polar surface area (TPSA) is 89.7 Å². The minimum atomic E-state index is -0.845. The molecule has 24 heavy (non-hydrogen) atoms. The van der Waals surface area contributed by atoms with E-state index in [-0.39, 0.29) is 43.0 Å². The van der Waals surface area contributed by atoms with Crippen LogP contribution < -0.4 is 23.0 Å². The Morgan fingerprint density at radius 3 is 2.62 bits per heavy atom. The van der Waals surface area contributed by atoms with Crippen molar-refractivity contribution < 1.29 is 35.9 Å². The molecule has 132 valence electrons. The molecule has 1 aromatic rings. The maximum absolute atomic E-state index is 12.9. The zero-order valence-electron chi connectivity index (χ0n) is 12.9. The number of amides is 2. The molecule has 1 aliphatic rings. The van der Waals surface area contributed by atoms with Gasteiger partial charge in [0.2, 0.25) is 11.8 Å². The number of imide groups is 1. The van der Waals surface area contributed by atoms with E-state index in [0.29, 0.717) is 5.69 Å². The smallest absolute Gasteiger partial charge is 0.323 e. The van der Waals surface area contributed by atoms with Gasteiger partial charge in [0.1, 0.15) is 11.9 Å². The van der Waals surface area contributed by atoms with Crippen LogP contribution in [0.2, 0.25) is 0 Å². The third kappa shape index (κ3) is 4.68. The van der Waals surface area contributed by atoms with Gasteiger partial charge in [0.15, 0.2) is 0 Å². The lowest BCUT2D eigenvalue weighted by molar-refractivity contribution is -0.144. The number of rotatable bonds is 6. The summed E-state index contributed by atoms with van der Waals surface area (Å²) in [6.45, 7) is 1.91. The van der Waals surface area contributed by atoms with Gasteiger partial charge in [-0.05, 0) is 31.2 Å². The number of benzene rings is 1.